The van der Waals surface area contributed by atoms with Crippen molar-refractivity contribution < 1.29 is 4.74 Å². The number of hydrogen-bond donors (Lipinski definition) is 0. The van der Waals surface area contributed by atoms with Gasteiger partial charge in [-0.05, 0) is 36.8 Å². The fourth-order valence-electron chi connectivity index (χ4n) is 3.31. The van der Waals surface area contributed by atoms with Crippen molar-refractivity contribution in [3.05, 3.63) is 63.8 Å². The van der Waals surface area contributed by atoms with E-state index in [0.29, 0.717) is 17.0 Å². The minimum absolute atomic E-state index is 0.00916. The van der Waals surface area contributed by atoms with E-state index in [1.165, 1.54) is 0 Å². The lowest BCUT2D eigenvalue weighted by molar-refractivity contribution is 0.0143. The molecule has 4 heterocycles. The monoisotopic (exact) mass is 361 g/mol. The third-order valence-electron chi connectivity index (χ3n) is 4.79. The molecule has 0 N–H and O–H groups in total. The molecular weight excluding hydrogens is 342 g/mol. The van der Waals surface area contributed by atoms with Crippen molar-refractivity contribution in [3.63, 3.8) is 0 Å². The van der Waals surface area contributed by atoms with Crippen molar-refractivity contribution in [2.45, 2.75) is 19.6 Å². The molecule has 0 radical (unpaired) electrons. The van der Waals surface area contributed by atoms with E-state index >= 15 is 0 Å². The number of likely N-dealkylation sites (tertiary alicyclic amines) is 1. The van der Waals surface area contributed by atoms with Crippen LogP contribution in [0.2, 0.25) is 0 Å². The van der Waals surface area contributed by atoms with Crippen LogP contribution in [0, 0.1) is 18.3 Å². The maximum absolute atomic E-state index is 12.1. The largest absolute Gasteiger partial charge is 0.486 e. The number of rotatable bonds is 4. The van der Waals surface area contributed by atoms with E-state index in [0.717, 1.165) is 36.2 Å². The number of nitrogens with zero attached hydrogens (tertiary/aromatic N) is 5. The zero-order valence-electron chi connectivity index (χ0n) is 15.2. The van der Waals surface area contributed by atoms with Crippen molar-refractivity contribution in [2.75, 3.05) is 13.1 Å². The number of ether oxygens (including phenoxy) is 1. The van der Waals surface area contributed by atoms with Gasteiger partial charge in [0.1, 0.15) is 23.6 Å². The molecule has 0 atom stereocenters. The average molecular weight is 361 g/mol. The highest BCUT2D eigenvalue weighted by Gasteiger charge is 2.28. The predicted octanol–water partition coefficient (Wildman–Crippen LogP) is 1.77. The molecule has 0 saturated carbocycles. The Bertz CT molecular complexity index is 1090. The summed E-state index contributed by atoms with van der Waals surface area (Å²) in [7, 11) is 1.78. The van der Waals surface area contributed by atoms with Gasteiger partial charge in [0.25, 0.3) is 5.56 Å². The Morgan fingerprint density at radius 3 is 2.78 bits per heavy atom. The quantitative estimate of drug-likeness (QED) is 0.704. The summed E-state index contributed by atoms with van der Waals surface area (Å²) in [6, 6.07) is 9.27. The zero-order chi connectivity index (χ0) is 19.0. The van der Waals surface area contributed by atoms with Crippen molar-refractivity contribution in [1.82, 2.24) is 19.4 Å². The van der Waals surface area contributed by atoms with E-state index < -0.39 is 0 Å². The van der Waals surface area contributed by atoms with Crippen LogP contribution in [-0.2, 0) is 13.6 Å². The molecular formula is C20H19N5O2. The van der Waals surface area contributed by atoms with Crippen molar-refractivity contribution >= 4 is 11.0 Å². The van der Waals surface area contributed by atoms with Gasteiger partial charge in [-0.1, -0.05) is 0 Å². The van der Waals surface area contributed by atoms with E-state index in [9.17, 15) is 4.79 Å². The maximum atomic E-state index is 12.1. The molecule has 0 unspecified atom stereocenters. The average Bonchev–Trinajstić information content (AvgIpc) is 2.65. The first-order chi connectivity index (χ1) is 13.0. The van der Waals surface area contributed by atoms with Crippen LogP contribution in [-0.4, -0.2) is 38.6 Å². The predicted molar refractivity (Wildman–Crippen MR) is 100 cm³/mol. The number of nitriles is 1. The molecule has 0 spiro atoms. The molecule has 1 fully saturated rings. The number of aromatic nitrogens is 3. The van der Waals surface area contributed by atoms with Crippen LogP contribution >= 0.6 is 0 Å². The Morgan fingerprint density at radius 1 is 1.26 bits per heavy atom. The highest BCUT2D eigenvalue weighted by molar-refractivity contribution is 5.75. The Labute approximate surface area is 156 Å². The van der Waals surface area contributed by atoms with Gasteiger partial charge >= 0.3 is 0 Å². The fourth-order valence-corrected chi connectivity index (χ4v) is 3.31. The maximum Gasteiger partial charge on any atom is 0.253 e. The lowest BCUT2D eigenvalue weighted by Gasteiger charge is -2.38. The SMILES string of the molecule is Cc1cc2ncc(CN3CC(Oc4ccc(C#N)nc4)C3)cc2n(C)c1=O. The summed E-state index contributed by atoms with van der Waals surface area (Å²) < 4.78 is 7.52. The van der Waals surface area contributed by atoms with Crippen molar-refractivity contribution in [2.24, 2.45) is 7.05 Å². The summed E-state index contributed by atoms with van der Waals surface area (Å²) in [6.07, 6.45) is 3.56. The molecule has 0 amide bonds. The minimum Gasteiger partial charge on any atom is -0.486 e. The molecule has 3 aromatic rings. The Morgan fingerprint density at radius 2 is 2.07 bits per heavy atom. The molecule has 4 rings (SSSR count). The highest BCUT2D eigenvalue weighted by Crippen LogP contribution is 2.20. The zero-order valence-corrected chi connectivity index (χ0v) is 15.2. The van der Waals surface area contributed by atoms with Crippen molar-refractivity contribution in [3.8, 4) is 11.8 Å². The Hall–Kier alpha value is -3.24. The lowest BCUT2D eigenvalue weighted by Crippen LogP contribution is -2.53. The molecule has 3 aromatic heterocycles. The van der Waals surface area contributed by atoms with Gasteiger partial charge in [0.2, 0.25) is 0 Å². The smallest absolute Gasteiger partial charge is 0.253 e. The third-order valence-corrected chi connectivity index (χ3v) is 4.79. The summed E-state index contributed by atoms with van der Waals surface area (Å²) in [5.74, 6) is 0.677. The van der Waals surface area contributed by atoms with Crippen LogP contribution in [0.25, 0.3) is 11.0 Å². The minimum atomic E-state index is 0.00916. The molecule has 1 aliphatic rings. The van der Waals surface area contributed by atoms with Gasteiger partial charge in [0.05, 0.1) is 17.2 Å². The van der Waals surface area contributed by atoms with Crippen molar-refractivity contribution in [1.29, 1.82) is 5.26 Å². The van der Waals surface area contributed by atoms with Crippen LogP contribution < -0.4 is 10.3 Å². The van der Waals surface area contributed by atoms with E-state index in [-0.39, 0.29) is 11.7 Å². The van der Waals surface area contributed by atoms with E-state index in [1.807, 2.05) is 24.4 Å². The molecule has 1 saturated heterocycles. The molecule has 7 nitrogen and oxygen atoms in total. The Balaban J connectivity index is 1.39. The second-order valence-corrected chi connectivity index (χ2v) is 6.86. The number of hydrogen-bond acceptors (Lipinski definition) is 6. The van der Waals surface area contributed by atoms with Gasteiger partial charge in [-0.25, -0.2) is 4.98 Å². The van der Waals surface area contributed by atoms with E-state index in [1.54, 1.807) is 36.9 Å². The van der Waals surface area contributed by atoms with Gasteiger partial charge in [-0.15, -0.1) is 0 Å². The first-order valence-corrected chi connectivity index (χ1v) is 8.74. The summed E-state index contributed by atoms with van der Waals surface area (Å²) >= 11 is 0. The standard InChI is InChI=1S/C20H19N5O2/c1-13-5-18-19(24(2)20(13)26)6-14(8-23-18)10-25-11-17(12-25)27-16-4-3-15(7-21)22-9-16/h3-6,8-9,17H,10-12H2,1-2H3. The molecule has 1 aliphatic heterocycles. The first-order valence-electron chi connectivity index (χ1n) is 8.74. The fraction of sp³-hybridized carbons (Fsp3) is 0.300. The summed E-state index contributed by atoms with van der Waals surface area (Å²) in [5.41, 5.74) is 3.84. The number of pyridine rings is 3. The molecule has 0 aliphatic carbocycles. The van der Waals surface area contributed by atoms with Crippen LogP contribution in [0.3, 0.4) is 0 Å². The van der Waals surface area contributed by atoms with Gasteiger partial charge < -0.3 is 9.30 Å². The summed E-state index contributed by atoms with van der Waals surface area (Å²) in [4.78, 5) is 22.9. The second kappa shape index (κ2) is 6.82. The van der Waals surface area contributed by atoms with Crippen LogP contribution in [0.1, 0.15) is 16.8 Å². The summed E-state index contributed by atoms with van der Waals surface area (Å²) in [6.45, 7) is 4.19. The topological polar surface area (TPSA) is 84.0 Å². The van der Waals surface area contributed by atoms with Gasteiger partial charge in [0, 0.05) is 38.4 Å². The van der Waals surface area contributed by atoms with Crippen LogP contribution in [0.15, 0.2) is 41.5 Å². The molecule has 7 heteroatoms. The first kappa shape index (κ1) is 17.2. The third kappa shape index (κ3) is 3.39. The van der Waals surface area contributed by atoms with Crippen LogP contribution in [0.5, 0.6) is 5.75 Å². The van der Waals surface area contributed by atoms with Crippen LogP contribution in [0.4, 0.5) is 0 Å². The van der Waals surface area contributed by atoms with E-state index in [2.05, 4.69) is 14.9 Å². The van der Waals surface area contributed by atoms with E-state index in [4.69, 9.17) is 10.00 Å². The molecule has 0 bridgehead atoms. The van der Waals surface area contributed by atoms with Gasteiger partial charge in [-0.2, -0.15) is 5.26 Å². The normalized spacial score (nSPS) is 14.7. The summed E-state index contributed by atoms with van der Waals surface area (Å²) in [5, 5.41) is 8.77. The number of aryl methyl sites for hydroxylation is 2. The molecule has 27 heavy (non-hydrogen) atoms. The molecule has 0 aromatic carbocycles. The molecule has 136 valence electrons. The van der Waals surface area contributed by atoms with Gasteiger partial charge in [0.15, 0.2) is 0 Å². The lowest BCUT2D eigenvalue weighted by atomic mass is 10.1. The van der Waals surface area contributed by atoms with Gasteiger partial charge in [-0.3, -0.25) is 14.7 Å². The number of fused-ring (bicyclic) bond motifs is 1. The Kier molecular flexibility index (Phi) is 4.34. The second-order valence-electron chi connectivity index (χ2n) is 6.86. The highest BCUT2D eigenvalue weighted by atomic mass is 16.5.